The highest BCUT2D eigenvalue weighted by atomic mass is 15.0. The van der Waals surface area contributed by atoms with Crippen LogP contribution in [0.5, 0.6) is 0 Å². The lowest BCUT2D eigenvalue weighted by Crippen LogP contribution is -1.92. The van der Waals surface area contributed by atoms with Crippen LogP contribution >= 0.6 is 0 Å². The van der Waals surface area contributed by atoms with E-state index in [4.69, 9.17) is 9.97 Å². The van der Waals surface area contributed by atoms with E-state index in [1.54, 1.807) is 0 Å². The first-order valence-electron chi connectivity index (χ1n) is 12.4. The molecule has 2 aliphatic rings. The molecule has 0 spiro atoms. The highest BCUT2D eigenvalue weighted by molar-refractivity contribution is 6.03. The van der Waals surface area contributed by atoms with Crippen molar-refractivity contribution in [2.45, 2.75) is 0 Å². The first-order chi connectivity index (χ1) is 18.6. The Morgan fingerprint density at radius 3 is 2.05 bits per heavy atom. The number of nitrogens with zero attached hydrogens (tertiary/aromatic N) is 3. The molecule has 0 unspecified atom stereocenters. The van der Waals surface area contributed by atoms with Crippen molar-refractivity contribution in [3.8, 4) is 11.1 Å². The Morgan fingerprint density at radius 1 is 0.711 bits per heavy atom. The number of H-pyrrole nitrogens is 1. The van der Waals surface area contributed by atoms with Gasteiger partial charge in [-0.25, -0.2) is 9.97 Å². The van der Waals surface area contributed by atoms with Crippen molar-refractivity contribution in [2.75, 3.05) is 0 Å². The van der Waals surface area contributed by atoms with Crippen molar-refractivity contribution in [3.05, 3.63) is 127 Å². The van der Waals surface area contributed by atoms with E-state index in [0.29, 0.717) is 0 Å². The number of fused-ring (bicyclic) bond motifs is 8. The molecule has 6 rings (SSSR count). The SMILES string of the molecule is C=CC1=Cc2cc3ccc(cc4nc(cc5c(-c6ccccc6)c(C=C)c(c(C=C)c1n2)n5C=C)C=C4)[nH]3. The lowest BCUT2D eigenvalue weighted by atomic mass is 9.99. The van der Waals surface area contributed by atoms with Gasteiger partial charge in [-0.15, -0.1) is 0 Å². The topological polar surface area (TPSA) is 46.5 Å². The van der Waals surface area contributed by atoms with E-state index >= 15 is 0 Å². The average molecular weight is 491 g/mol. The molecule has 5 heterocycles. The molecule has 0 radical (unpaired) electrons. The molecule has 1 aromatic carbocycles. The van der Waals surface area contributed by atoms with Gasteiger partial charge in [-0.05, 0) is 54.1 Å². The van der Waals surface area contributed by atoms with Crippen molar-refractivity contribution in [2.24, 2.45) is 0 Å². The summed E-state index contributed by atoms with van der Waals surface area (Å²) in [6.45, 7) is 16.7. The summed E-state index contributed by atoms with van der Waals surface area (Å²) in [5.41, 5.74) is 12.0. The largest absolute Gasteiger partial charge is 0.355 e. The minimum Gasteiger partial charge on any atom is -0.355 e. The Labute approximate surface area is 221 Å². The molecular formula is C34H26N4. The third-order valence-corrected chi connectivity index (χ3v) is 6.79. The van der Waals surface area contributed by atoms with Gasteiger partial charge in [0, 0.05) is 39.5 Å². The van der Waals surface area contributed by atoms with Crippen LogP contribution in [0.2, 0.25) is 0 Å². The number of hydrogen-bond acceptors (Lipinski definition) is 2. The summed E-state index contributed by atoms with van der Waals surface area (Å²) in [7, 11) is 0. The van der Waals surface area contributed by atoms with Gasteiger partial charge in [0.1, 0.15) is 0 Å². The molecule has 8 bridgehead atoms. The summed E-state index contributed by atoms with van der Waals surface area (Å²) in [5.74, 6) is 0. The highest BCUT2D eigenvalue weighted by Gasteiger charge is 2.21. The second-order valence-corrected chi connectivity index (χ2v) is 9.05. The summed E-state index contributed by atoms with van der Waals surface area (Å²) in [5, 5.41) is 0. The van der Waals surface area contributed by atoms with Crippen molar-refractivity contribution >= 4 is 64.2 Å². The van der Waals surface area contributed by atoms with Crippen LogP contribution in [0.3, 0.4) is 0 Å². The smallest absolute Gasteiger partial charge is 0.0803 e. The molecule has 0 saturated carbocycles. The monoisotopic (exact) mass is 490 g/mol. The molecule has 3 aromatic heterocycles. The number of benzene rings is 1. The number of aromatic nitrogens is 4. The quantitative estimate of drug-likeness (QED) is 0.268. The third kappa shape index (κ3) is 3.80. The Kier molecular flexibility index (Phi) is 5.70. The maximum Gasteiger partial charge on any atom is 0.0803 e. The summed E-state index contributed by atoms with van der Waals surface area (Å²) in [6.07, 6.45) is 13.5. The Bertz CT molecular complexity index is 1870. The maximum atomic E-state index is 5.02. The molecule has 0 aliphatic carbocycles. The number of allylic oxidation sites excluding steroid dienone is 2. The Morgan fingerprint density at radius 2 is 1.39 bits per heavy atom. The van der Waals surface area contributed by atoms with Crippen molar-refractivity contribution in [3.63, 3.8) is 0 Å². The van der Waals surface area contributed by atoms with E-state index in [0.717, 1.165) is 72.7 Å². The average Bonchev–Trinajstić information content (AvgIpc) is 3.72. The standard InChI is InChI=1S/C34H26N4/c1-5-22-18-28-20-26-15-14-24(35-26)19-25-16-17-27(36-25)21-31-32(23-12-10-9-11-13-23)29(6-2)34(38(31)8-4)30(7-3)33(22)37-28/h5-21,35H,1-4H2. The normalized spacial score (nSPS) is 12.2. The van der Waals surface area contributed by atoms with Crippen molar-refractivity contribution in [1.29, 1.82) is 0 Å². The first-order valence-corrected chi connectivity index (χ1v) is 12.4. The minimum atomic E-state index is 0.801. The van der Waals surface area contributed by atoms with Crippen molar-refractivity contribution in [1.82, 2.24) is 19.5 Å². The van der Waals surface area contributed by atoms with Gasteiger partial charge in [0.2, 0.25) is 0 Å². The fraction of sp³-hybridized carbons (Fsp3) is 0. The number of nitrogens with one attached hydrogen (secondary N) is 1. The van der Waals surface area contributed by atoms with E-state index in [1.165, 1.54) is 0 Å². The van der Waals surface area contributed by atoms with E-state index in [9.17, 15) is 0 Å². The van der Waals surface area contributed by atoms with Crippen LogP contribution in [0.25, 0.3) is 75.3 Å². The molecule has 2 aliphatic heterocycles. The molecule has 0 atom stereocenters. The highest BCUT2D eigenvalue weighted by Crippen LogP contribution is 2.39. The maximum absolute atomic E-state index is 5.02. The lowest BCUT2D eigenvalue weighted by Gasteiger charge is -2.06. The molecule has 0 amide bonds. The van der Waals surface area contributed by atoms with Crippen molar-refractivity contribution < 1.29 is 0 Å². The fourth-order valence-electron chi connectivity index (χ4n) is 5.16. The second kappa shape index (κ2) is 9.34. The fourth-order valence-corrected chi connectivity index (χ4v) is 5.16. The van der Waals surface area contributed by atoms with Gasteiger partial charge >= 0.3 is 0 Å². The van der Waals surface area contributed by atoms with E-state index < -0.39 is 0 Å². The Balaban J connectivity index is 1.90. The van der Waals surface area contributed by atoms with Crippen LogP contribution < -0.4 is 0 Å². The van der Waals surface area contributed by atoms with E-state index in [1.807, 2.05) is 85.1 Å². The molecule has 1 N–H and O–H groups in total. The molecular weight excluding hydrogens is 464 g/mol. The minimum absolute atomic E-state index is 0.801. The zero-order valence-corrected chi connectivity index (χ0v) is 21.0. The molecule has 4 aromatic rings. The molecule has 182 valence electrons. The summed E-state index contributed by atoms with van der Waals surface area (Å²) < 4.78 is 2.08. The predicted molar refractivity (Wildman–Crippen MR) is 164 cm³/mol. The lowest BCUT2D eigenvalue weighted by molar-refractivity contribution is 1.25. The summed E-state index contributed by atoms with van der Waals surface area (Å²) in [6, 6.07) is 20.6. The zero-order valence-electron chi connectivity index (χ0n) is 21.0. The van der Waals surface area contributed by atoms with Crippen LogP contribution in [0.4, 0.5) is 0 Å². The summed E-state index contributed by atoms with van der Waals surface area (Å²) >= 11 is 0. The number of rotatable bonds is 5. The first kappa shape index (κ1) is 23.2. The number of hydrogen-bond donors (Lipinski definition) is 1. The van der Waals surface area contributed by atoms with Gasteiger partial charge in [-0.2, -0.15) is 0 Å². The molecule has 4 nitrogen and oxygen atoms in total. The summed E-state index contributed by atoms with van der Waals surface area (Å²) in [4.78, 5) is 13.3. The molecule has 0 fully saturated rings. The van der Waals surface area contributed by atoms with Crippen LogP contribution in [0.15, 0.2) is 93.1 Å². The van der Waals surface area contributed by atoms with Gasteiger partial charge in [-0.3, -0.25) is 0 Å². The van der Waals surface area contributed by atoms with Crippen LogP contribution in [-0.4, -0.2) is 19.5 Å². The van der Waals surface area contributed by atoms with E-state index in [2.05, 4.69) is 54.1 Å². The van der Waals surface area contributed by atoms with Gasteiger partial charge < -0.3 is 9.55 Å². The predicted octanol–water partition coefficient (Wildman–Crippen LogP) is 8.74. The molecule has 38 heavy (non-hydrogen) atoms. The van der Waals surface area contributed by atoms with E-state index in [-0.39, 0.29) is 0 Å². The van der Waals surface area contributed by atoms with Gasteiger partial charge in [0.15, 0.2) is 0 Å². The van der Waals surface area contributed by atoms with Crippen LogP contribution in [0, 0.1) is 0 Å². The molecule has 0 saturated heterocycles. The Hall–Kier alpha value is -5.22. The van der Waals surface area contributed by atoms with Gasteiger partial charge in [-0.1, -0.05) is 74.9 Å². The second-order valence-electron chi connectivity index (χ2n) is 9.05. The zero-order chi connectivity index (χ0) is 26.2. The van der Waals surface area contributed by atoms with Crippen LogP contribution in [-0.2, 0) is 0 Å². The van der Waals surface area contributed by atoms with Crippen LogP contribution in [0.1, 0.15) is 33.9 Å². The van der Waals surface area contributed by atoms with Gasteiger partial charge in [0.05, 0.1) is 33.8 Å². The molecule has 4 heteroatoms. The number of aromatic amines is 1. The van der Waals surface area contributed by atoms with Gasteiger partial charge in [0.25, 0.3) is 0 Å². The third-order valence-electron chi connectivity index (χ3n) is 6.79.